The third-order valence-electron chi connectivity index (χ3n) is 3.55. The molecule has 1 aromatic rings. The van der Waals surface area contributed by atoms with Crippen molar-refractivity contribution in [2.75, 3.05) is 19.7 Å². The first-order valence-electron chi connectivity index (χ1n) is 6.55. The third-order valence-corrected chi connectivity index (χ3v) is 3.80. The van der Waals surface area contributed by atoms with E-state index in [0.717, 1.165) is 24.5 Å². The maximum absolute atomic E-state index is 11.9. The second kappa shape index (κ2) is 6.26. The summed E-state index contributed by atoms with van der Waals surface area (Å²) < 4.78 is 0. The van der Waals surface area contributed by atoms with E-state index in [9.17, 15) is 4.79 Å². The van der Waals surface area contributed by atoms with Crippen molar-refractivity contribution in [1.29, 1.82) is 0 Å². The molecule has 2 amide bonds. The molecule has 1 fully saturated rings. The summed E-state index contributed by atoms with van der Waals surface area (Å²) in [6, 6.07) is 7.51. The summed E-state index contributed by atoms with van der Waals surface area (Å²) in [6.45, 7) is 3.36. The maximum Gasteiger partial charge on any atom is 0.317 e. The van der Waals surface area contributed by atoms with Crippen LogP contribution >= 0.6 is 11.6 Å². The number of hydrogen-bond acceptors (Lipinski definition) is 2. The quantitative estimate of drug-likeness (QED) is 0.890. The van der Waals surface area contributed by atoms with Crippen molar-refractivity contribution < 1.29 is 9.90 Å². The predicted octanol–water partition coefficient (Wildman–Crippen LogP) is 2.22. The highest BCUT2D eigenvalue weighted by Gasteiger charge is 2.32. The van der Waals surface area contributed by atoms with Gasteiger partial charge in [-0.3, -0.25) is 0 Å². The molecule has 19 heavy (non-hydrogen) atoms. The van der Waals surface area contributed by atoms with E-state index in [4.69, 9.17) is 16.7 Å². The number of aliphatic hydroxyl groups is 1. The molecule has 0 bridgehead atoms. The van der Waals surface area contributed by atoms with E-state index < -0.39 is 0 Å². The number of carbonyl (C=O) groups excluding carboxylic acids is 1. The normalized spacial score (nSPS) is 16.9. The number of aliphatic hydroxyl groups excluding tert-OH is 1. The van der Waals surface area contributed by atoms with Crippen molar-refractivity contribution in [3.8, 4) is 0 Å². The van der Waals surface area contributed by atoms with Crippen LogP contribution in [0.3, 0.4) is 0 Å². The number of amides is 2. The molecule has 1 atom stereocenters. The number of hydrogen-bond donors (Lipinski definition) is 2. The van der Waals surface area contributed by atoms with E-state index in [2.05, 4.69) is 5.32 Å². The Morgan fingerprint density at radius 1 is 1.47 bits per heavy atom. The fourth-order valence-corrected chi connectivity index (χ4v) is 2.26. The predicted molar refractivity (Wildman–Crippen MR) is 75.5 cm³/mol. The molecule has 1 aliphatic heterocycles. The van der Waals surface area contributed by atoms with Gasteiger partial charge in [-0.1, -0.05) is 30.7 Å². The molecular weight excluding hydrogens is 264 g/mol. The van der Waals surface area contributed by atoms with Gasteiger partial charge >= 0.3 is 6.03 Å². The largest absolute Gasteiger partial charge is 0.394 e. The summed E-state index contributed by atoms with van der Waals surface area (Å²) in [7, 11) is 0. The number of urea groups is 1. The van der Waals surface area contributed by atoms with Crippen molar-refractivity contribution >= 4 is 17.6 Å². The van der Waals surface area contributed by atoms with Crippen molar-refractivity contribution in [2.24, 2.45) is 0 Å². The Kier molecular flexibility index (Phi) is 4.66. The number of halogens is 1. The minimum Gasteiger partial charge on any atom is -0.394 e. The molecule has 0 aliphatic carbocycles. The first-order valence-corrected chi connectivity index (χ1v) is 6.93. The van der Waals surface area contributed by atoms with E-state index in [1.165, 1.54) is 5.56 Å². The molecule has 104 valence electrons. The number of nitrogens with one attached hydrogen (secondary N) is 1. The van der Waals surface area contributed by atoms with Crippen LogP contribution in [0.2, 0.25) is 5.02 Å². The average Bonchev–Trinajstić information content (AvgIpc) is 2.36. The van der Waals surface area contributed by atoms with E-state index >= 15 is 0 Å². The van der Waals surface area contributed by atoms with Gasteiger partial charge in [0.25, 0.3) is 0 Å². The van der Waals surface area contributed by atoms with Crippen molar-refractivity contribution in [3.05, 3.63) is 34.9 Å². The summed E-state index contributed by atoms with van der Waals surface area (Å²) in [5, 5.41) is 12.6. The Morgan fingerprint density at radius 2 is 2.11 bits per heavy atom. The molecule has 1 heterocycles. The highest BCUT2D eigenvalue weighted by molar-refractivity contribution is 6.30. The van der Waals surface area contributed by atoms with Gasteiger partial charge in [0.1, 0.15) is 0 Å². The molecule has 5 heteroatoms. The number of benzene rings is 1. The van der Waals surface area contributed by atoms with Crippen LogP contribution in [0.1, 0.15) is 24.8 Å². The van der Waals surface area contributed by atoms with Crippen LogP contribution in [0.15, 0.2) is 24.3 Å². The molecule has 0 spiro atoms. The Bertz CT molecular complexity index is 426. The highest BCUT2D eigenvalue weighted by atomic mass is 35.5. The summed E-state index contributed by atoms with van der Waals surface area (Å²) in [6.07, 6.45) is 0.733. The lowest BCUT2D eigenvalue weighted by atomic mass is 9.92. The van der Waals surface area contributed by atoms with Gasteiger partial charge in [0.15, 0.2) is 0 Å². The second-order valence-corrected chi connectivity index (χ2v) is 5.33. The van der Waals surface area contributed by atoms with Gasteiger partial charge in [-0.25, -0.2) is 4.79 Å². The van der Waals surface area contributed by atoms with Gasteiger partial charge in [-0.2, -0.15) is 0 Å². The van der Waals surface area contributed by atoms with E-state index in [0.29, 0.717) is 5.92 Å². The number of carbonyl (C=O) groups is 1. The summed E-state index contributed by atoms with van der Waals surface area (Å²) in [4.78, 5) is 13.6. The van der Waals surface area contributed by atoms with Crippen LogP contribution in [0, 0.1) is 0 Å². The summed E-state index contributed by atoms with van der Waals surface area (Å²) in [5.41, 5.74) is 1.21. The van der Waals surface area contributed by atoms with E-state index in [-0.39, 0.29) is 18.7 Å². The van der Waals surface area contributed by atoms with Crippen molar-refractivity contribution in [2.45, 2.75) is 25.3 Å². The third kappa shape index (κ3) is 3.39. The van der Waals surface area contributed by atoms with Crippen LogP contribution in [0.5, 0.6) is 0 Å². The first-order chi connectivity index (χ1) is 9.13. The first kappa shape index (κ1) is 14.2. The van der Waals surface area contributed by atoms with Gasteiger partial charge < -0.3 is 15.3 Å². The van der Waals surface area contributed by atoms with Gasteiger partial charge in [-0.15, -0.1) is 0 Å². The summed E-state index contributed by atoms with van der Waals surface area (Å²) >= 11 is 5.85. The number of rotatable bonds is 4. The van der Waals surface area contributed by atoms with Crippen LogP contribution in [0.25, 0.3) is 0 Å². The van der Waals surface area contributed by atoms with Crippen molar-refractivity contribution in [1.82, 2.24) is 10.2 Å². The molecule has 1 aromatic carbocycles. The van der Waals surface area contributed by atoms with Gasteiger partial charge in [0, 0.05) is 24.0 Å². The van der Waals surface area contributed by atoms with Crippen molar-refractivity contribution in [3.63, 3.8) is 0 Å². The zero-order valence-corrected chi connectivity index (χ0v) is 11.7. The number of nitrogens with zero attached hydrogens (tertiary/aromatic N) is 1. The zero-order chi connectivity index (χ0) is 13.8. The fraction of sp³-hybridized carbons (Fsp3) is 0.500. The molecule has 2 N–H and O–H groups in total. The molecule has 4 nitrogen and oxygen atoms in total. The lowest BCUT2D eigenvalue weighted by Gasteiger charge is -2.40. The van der Waals surface area contributed by atoms with Gasteiger partial charge in [-0.05, 0) is 24.1 Å². The maximum atomic E-state index is 11.9. The Labute approximate surface area is 118 Å². The van der Waals surface area contributed by atoms with Gasteiger partial charge in [0.2, 0.25) is 0 Å². The number of likely N-dealkylation sites (tertiary alicyclic amines) is 1. The fourth-order valence-electron chi connectivity index (χ4n) is 2.13. The SMILES string of the molecule is CC[C@H](CO)NC(=O)N1CC(c2ccc(Cl)cc2)C1. The molecule has 0 saturated carbocycles. The van der Waals surface area contributed by atoms with Crippen LogP contribution in [-0.2, 0) is 0 Å². The second-order valence-electron chi connectivity index (χ2n) is 4.89. The Hall–Kier alpha value is -1.26. The van der Waals surface area contributed by atoms with E-state index in [1.807, 2.05) is 31.2 Å². The monoisotopic (exact) mass is 282 g/mol. The molecule has 1 saturated heterocycles. The Morgan fingerprint density at radius 3 is 2.63 bits per heavy atom. The molecule has 0 unspecified atom stereocenters. The lowest BCUT2D eigenvalue weighted by Crippen LogP contribution is -2.54. The zero-order valence-electron chi connectivity index (χ0n) is 11.0. The van der Waals surface area contributed by atoms with Crippen LogP contribution < -0.4 is 5.32 Å². The lowest BCUT2D eigenvalue weighted by molar-refractivity contribution is 0.141. The molecular formula is C14H19ClN2O2. The Balaban J connectivity index is 1.82. The molecule has 1 aliphatic rings. The van der Waals surface area contributed by atoms with Crippen LogP contribution in [0.4, 0.5) is 4.79 Å². The van der Waals surface area contributed by atoms with Crippen LogP contribution in [-0.4, -0.2) is 41.8 Å². The van der Waals surface area contributed by atoms with Gasteiger partial charge in [0.05, 0.1) is 12.6 Å². The van der Waals surface area contributed by atoms with E-state index in [1.54, 1.807) is 4.90 Å². The summed E-state index contributed by atoms with van der Waals surface area (Å²) in [5.74, 6) is 0.386. The molecule has 2 rings (SSSR count). The minimum absolute atomic E-state index is 0.0172. The average molecular weight is 283 g/mol. The molecule has 0 aromatic heterocycles. The highest BCUT2D eigenvalue weighted by Crippen LogP contribution is 2.27. The molecule has 0 radical (unpaired) electrons. The smallest absolute Gasteiger partial charge is 0.317 e. The minimum atomic E-state index is -0.151. The topological polar surface area (TPSA) is 52.6 Å². The standard InChI is InChI=1S/C14H19ClN2O2/c1-2-13(9-18)16-14(19)17-7-11(8-17)10-3-5-12(15)6-4-10/h3-6,11,13,18H,2,7-9H2,1H3,(H,16,19)/t13-/m1/s1.